The summed E-state index contributed by atoms with van der Waals surface area (Å²) in [6.07, 6.45) is 0.652. The summed E-state index contributed by atoms with van der Waals surface area (Å²) < 4.78 is 5.00. The van der Waals surface area contributed by atoms with Crippen LogP contribution in [0.3, 0.4) is 0 Å². The third-order valence-electron chi connectivity index (χ3n) is 4.98. The molecular formula is C22H19N3O5. The predicted octanol–water partition coefficient (Wildman–Crippen LogP) is 1.39. The van der Waals surface area contributed by atoms with E-state index >= 15 is 0 Å². The van der Waals surface area contributed by atoms with Gasteiger partial charge in [-0.1, -0.05) is 48.5 Å². The van der Waals surface area contributed by atoms with E-state index < -0.39 is 36.8 Å². The Hall–Kier alpha value is -3.81. The number of carbonyl (C=O) groups excluding carboxylic acids is 4. The molecule has 0 radical (unpaired) electrons. The molecular weight excluding hydrogens is 386 g/mol. The monoisotopic (exact) mass is 405 g/mol. The number of carbonyl (C=O) groups is 4. The third-order valence-corrected chi connectivity index (χ3v) is 4.98. The molecule has 0 aliphatic carbocycles. The zero-order valence-corrected chi connectivity index (χ0v) is 16.1. The number of esters is 1. The van der Waals surface area contributed by atoms with Crippen LogP contribution in [0.2, 0.25) is 0 Å². The Labute approximate surface area is 172 Å². The lowest BCUT2D eigenvalue weighted by molar-refractivity contribution is -0.153. The van der Waals surface area contributed by atoms with E-state index in [-0.39, 0.29) is 6.42 Å². The van der Waals surface area contributed by atoms with Gasteiger partial charge < -0.3 is 4.74 Å². The van der Waals surface area contributed by atoms with Crippen molar-refractivity contribution in [1.82, 2.24) is 9.91 Å². The van der Waals surface area contributed by atoms with Gasteiger partial charge in [-0.15, -0.1) is 0 Å². The van der Waals surface area contributed by atoms with E-state index in [1.807, 2.05) is 30.3 Å². The molecule has 2 aromatic rings. The first-order valence-electron chi connectivity index (χ1n) is 9.54. The number of rotatable bonds is 5. The highest BCUT2D eigenvalue weighted by Crippen LogP contribution is 2.19. The summed E-state index contributed by atoms with van der Waals surface area (Å²) in [5.41, 5.74) is 2.75. The average molecular weight is 405 g/mol. The molecule has 0 atom stereocenters. The minimum atomic E-state index is -0.823. The maximum absolute atomic E-state index is 12.5. The van der Waals surface area contributed by atoms with Crippen LogP contribution in [-0.4, -0.2) is 59.0 Å². The van der Waals surface area contributed by atoms with Crippen LogP contribution in [0.1, 0.15) is 27.9 Å². The van der Waals surface area contributed by atoms with Crippen LogP contribution in [0, 0.1) is 0 Å². The molecule has 0 spiro atoms. The normalized spacial score (nSPS) is 15.7. The van der Waals surface area contributed by atoms with Crippen molar-refractivity contribution in [2.24, 2.45) is 5.10 Å². The van der Waals surface area contributed by atoms with Crippen molar-refractivity contribution in [3.05, 3.63) is 71.3 Å². The maximum atomic E-state index is 12.5. The largest absolute Gasteiger partial charge is 0.454 e. The summed E-state index contributed by atoms with van der Waals surface area (Å²) in [4.78, 5) is 50.0. The molecule has 0 saturated heterocycles. The molecule has 4 rings (SSSR count). The van der Waals surface area contributed by atoms with Gasteiger partial charge in [0.05, 0.1) is 18.7 Å². The molecule has 8 nitrogen and oxygen atoms in total. The summed E-state index contributed by atoms with van der Waals surface area (Å²) in [6, 6.07) is 16.3. The minimum absolute atomic E-state index is 0.0406. The number of nitrogens with zero attached hydrogens (tertiary/aromatic N) is 3. The van der Waals surface area contributed by atoms with Crippen molar-refractivity contribution >= 4 is 29.4 Å². The number of amides is 3. The van der Waals surface area contributed by atoms with Crippen molar-refractivity contribution in [3.8, 4) is 0 Å². The summed E-state index contributed by atoms with van der Waals surface area (Å²) in [5.74, 6) is -2.30. The Balaban J connectivity index is 1.32. The quantitative estimate of drug-likeness (QED) is 0.553. The van der Waals surface area contributed by atoms with Gasteiger partial charge in [-0.05, 0) is 17.2 Å². The van der Waals surface area contributed by atoms with Gasteiger partial charge in [0.15, 0.2) is 6.61 Å². The molecule has 2 aliphatic rings. The first-order valence-corrected chi connectivity index (χ1v) is 9.54. The Morgan fingerprint density at radius 1 is 1.00 bits per heavy atom. The van der Waals surface area contributed by atoms with Crippen LogP contribution in [0.5, 0.6) is 0 Å². The zero-order valence-electron chi connectivity index (χ0n) is 16.1. The van der Waals surface area contributed by atoms with Gasteiger partial charge >= 0.3 is 5.97 Å². The molecule has 0 N–H and O–H groups in total. The van der Waals surface area contributed by atoms with Crippen molar-refractivity contribution < 1.29 is 23.9 Å². The number of benzene rings is 2. The predicted molar refractivity (Wildman–Crippen MR) is 106 cm³/mol. The number of hydrogen-bond acceptors (Lipinski definition) is 6. The lowest BCUT2D eigenvalue weighted by Gasteiger charge is -2.25. The number of hydrazone groups is 1. The molecule has 0 bridgehead atoms. The van der Waals surface area contributed by atoms with Gasteiger partial charge in [0.1, 0.15) is 6.54 Å². The van der Waals surface area contributed by atoms with Crippen LogP contribution in [0.25, 0.3) is 0 Å². The molecule has 30 heavy (non-hydrogen) atoms. The standard InChI is InChI=1S/C22H19N3O5/c26-19-12-16-8-4-5-9-17(16)22(29)24(19)13-21(28)30-14-20(27)25-11-10-18(23-25)15-6-2-1-3-7-15/h1-9H,10-14H2. The van der Waals surface area contributed by atoms with Crippen molar-refractivity contribution in [3.63, 3.8) is 0 Å². The fourth-order valence-electron chi connectivity index (χ4n) is 3.42. The topological polar surface area (TPSA) is 96.3 Å². The molecule has 2 aliphatic heterocycles. The number of hydrogen-bond donors (Lipinski definition) is 0. The zero-order chi connectivity index (χ0) is 21.1. The fourth-order valence-corrected chi connectivity index (χ4v) is 3.42. The second kappa shape index (κ2) is 8.28. The number of imide groups is 1. The van der Waals surface area contributed by atoms with E-state index in [1.54, 1.807) is 24.3 Å². The van der Waals surface area contributed by atoms with Crippen LogP contribution in [0.4, 0.5) is 0 Å². The highest BCUT2D eigenvalue weighted by atomic mass is 16.5. The van der Waals surface area contributed by atoms with E-state index in [0.29, 0.717) is 24.1 Å². The number of ether oxygens (including phenoxy) is 1. The SMILES string of the molecule is O=C(CN1C(=O)Cc2ccccc2C1=O)OCC(=O)N1CCC(c2ccccc2)=N1. The summed E-state index contributed by atoms with van der Waals surface area (Å²) in [7, 11) is 0. The molecule has 3 amide bonds. The lowest BCUT2D eigenvalue weighted by atomic mass is 9.98. The van der Waals surface area contributed by atoms with Crippen LogP contribution in [0.15, 0.2) is 59.7 Å². The van der Waals surface area contributed by atoms with E-state index in [4.69, 9.17) is 4.74 Å². The summed E-state index contributed by atoms with van der Waals surface area (Å²) >= 11 is 0. The minimum Gasteiger partial charge on any atom is -0.454 e. The van der Waals surface area contributed by atoms with Crippen LogP contribution >= 0.6 is 0 Å². The van der Waals surface area contributed by atoms with Crippen molar-refractivity contribution in [1.29, 1.82) is 0 Å². The van der Waals surface area contributed by atoms with Gasteiger partial charge in [0.25, 0.3) is 11.8 Å². The maximum Gasteiger partial charge on any atom is 0.326 e. The molecule has 8 heteroatoms. The Kier molecular flexibility index (Phi) is 5.38. The van der Waals surface area contributed by atoms with Gasteiger partial charge in [-0.3, -0.25) is 24.1 Å². The van der Waals surface area contributed by atoms with E-state index in [0.717, 1.165) is 16.2 Å². The van der Waals surface area contributed by atoms with Gasteiger partial charge in [0.2, 0.25) is 5.91 Å². The van der Waals surface area contributed by atoms with Crippen molar-refractivity contribution in [2.75, 3.05) is 19.7 Å². The van der Waals surface area contributed by atoms with Crippen LogP contribution < -0.4 is 0 Å². The fraction of sp³-hybridized carbons (Fsp3) is 0.227. The van der Waals surface area contributed by atoms with Crippen LogP contribution in [-0.2, 0) is 25.5 Å². The molecule has 0 fully saturated rings. The highest BCUT2D eigenvalue weighted by Gasteiger charge is 2.32. The van der Waals surface area contributed by atoms with E-state index in [9.17, 15) is 19.2 Å². The molecule has 0 aromatic heterocycles. The van der Waals surface area contributed by atoms with Crippen molar-refractivity contribution in [2.45, 2.75) is 12.8 Å². The molecule has 0 unspecified atom stereocenters. The van der Waals surface area contributed by atoms with Gasteiger partial charge in [-0.25, -0.2) is 5.01 Å². The lowest BCUT2D eigenvalue weighted by Crippen LogP contribution is -2.45. The smallest absolute Gasteiger partial charge is 0.326 e. The summed E-state index contributed by atoms with van der Waals surface area (Å²) in [6.45, 7) is -0.629. The second-order valence-corrected chi connectivity index (χ2v) is 6.96. The third kappa shape index (κ3) is 3.98. The second-order valence-electron chi connectivity index (χ2n) is 6.96. The first-order chi connectivity index (χ1) is 14.5. The number of fused-ring (bicyclic) bond motifs is 1. The molecule has 0 saturated carbocycles. The van der Waals surface area contributed by atoms with Gasteiger partial charge in [0, 0.05) is 12.0 Å². The molecule has 152 valence electrons. The van der Waals surface area contributed by atoms with Gasteiger partial charge in [-0.2, -0.15) is 5.10 Å². The van der Waals surface area contributed by atoms with E-state index in [2.05, 4.69) is 5.10 Å². The Morgan fingerprint density at radius 3 is 2.53 bits per heavy atom. The molecule has 2 aromatic carbocycles. The average Bonchev–Trinajstić information content (AvgIpc) is 3.26. The Morgan fingerprint density at radius 2 is 1.73 bits per heavy atom. The Bertz CT molecular complexity index is 1050. The highest BCUT2D eigenvalue weighted by molar-refractivity contribution is 6.11. The summed E-state index contributed by atoms with van der Waals surface area (Å²) in [5, 5.41) is 5.56. The molecule has 2 heterocycles. The first kappa shape index (κ1) is 19.5. The van der Waals surface area contributed by atoms with E-state index in [1.165, 1.54) is 5.01 Å².